The predicted octanol–water partition coefficient (Wildman–Crippen LogP) is 3.30. The van der Waals surface area contributed by atoms with E-state index in [1.54, 1.807) is 20.8 Å². The number of aromatic nitrogens is 2. The standard InChI is InChI=1S/C23H25F3N4O2/c1-11-9-30(22(31)13(3)27)10-12(2)23(11,32)20-16(24)6-14(7-17(20)25)15-4-5-28-21-19(15)18(26)8-29-21/h4-8,11-13,32H,9-10,27H2,1-3H3,(H,28,29)/t11-,12+,13?,23?. The van der Waals surface area contributed by atoms with Crippen molar-refractivity contribution in [1.82, 2.24) is 14.9 Å². The number of nitrogens with one attached hydrogen (secondary N) is 1. The largest absolute Gasteiger partial charge is 0.384 e. The number of nitrogens with two attached hydrogens (primary N) is 1. The Balaban J connectivity index is 1.77. The second-order valence-electron chi connectivity index (χ2n) is 8.69. The summed E-state index contributed by atoms with van der Waals surface area (Å²) in [6.45, 7) is 5.08. The van der Waals surface area contributed by atoms with Crippen LogP contribution in [0.1, 0.15) is 26.3 Å². The van der Waals surface area contributed by atoms with Gasteiger partial charge in [-0.3, -0.25) is 4.79 Å². The Kier molecular flexibility index (Phi) is 5.50. The Morgan fingerprint density at radius 1 is 1.22 bits per heavy atom. The van der Waals surface area contributed by atoms with Gasteiger partial charge in [0.05, 0.1) is 17.0 Å². The summed E-state index contributed by atoms with van der Waals surface area (Å²) in [5.41, 5.74) is 4.07. The molecule has 0 spiro atoms. The first-order valence-electron chi connectivity index (χ1n) is 10.4. The van der Waals surface area contributed by atoms with Gasteiger partial charge in [0.15, 0.2) is 5.82 Å². The van der Waals surface area contributed by atoms with Crippen LogP contribution in [0.2, 0.25) is 0 Å². The molecule has 3 heterocycles. The van der Waals surface area contributed by atoms with Gasteiger partial charge in [0, 0.05) is 37.3 Å². The maximum Gasteiger partial charge on any atom is 0.239 e. The van der Waals surface area contributed by atoms with Crippen LogP contribution in [0, 0.1) is 29.3 Å². The highest BCUT2D eigenvalue weighted by Gasteiger charge is 2.49. The predicted molar refractivity (Wildman–Crippen MR) is 114 cm³/mol. The van der Waals surface area contributed by atoms with Crippen LogP contribution in [0.15, 0.2) is 30.6 Å². The molecule has 1 saturated heterocycles. The summed E-state index contributed by atoms with van der Waals surface area (Å²) in [6, 6.07) is 2.96. The minimum Gasteiger partial charge on any atom is -0.384 e. The molecule has 3 aromatic rings. The number of aromatic amines is 1. The fourth-order valence-corrected chi connectivity index (χ4v) is 4.83. The first-order valence-corrected chi connectivity index (χ1v) is 10.4. The lowest BCUT2D eigenvalue weighted by atomic mass is 9.70. The number of carbonyl (C=O) groups excluding carboxylic acids is 1. The molecule has 4 atom stereocenters. The molecule has 1 aliphatic rings. The van der Waals surface area contributed by atoms with Crippen molar-refractivity contribution in [3.8, 4) is 11.1 Å². The monoisotopic (exact) mass is 446 g/mol. The van der Waals surface area contributed by atoms with Crippen LogP contribution in [0.3, 0.4) is 0 Å². The molecule has 4 N–H and O–H groups in total. The number of aliphatic hydroxyl groups is 1. The zero-order valence-corrected chi connectivity index (χ0v) is 18.0. The Bertz CT molecular complexity index is 1160. The van der Waals surface area contributed by atoms with E-state index in [0.29, 0.717) is 0 Å². The summed E-state index contributed by atoms with van der Waals surface area (Å²) in [7, 11) is 0. The average Bonchev–Trinajstić information content (AvgIpc) is 3.11. The van der Waals surface area contributed by atoms with E-state index in [0.717, 1.165) is 18.3 Å². The Labute approximate surface area is 183 Å². The van der Waals surface area contributed by atoms with Gasteiger partial charge in [0.25, 0.3) is 0 Å². The molecular weight excluding hydrogens is 421 g/mol. The fraction of sp³-hybridized carbons (Fsp3) is 0.391. The van der Waals surface area contributed by atoms with Crippen LogP contribution in [-0.4, -0.2) is 45.0 Å². The SMILES string of the molecule is CC(N)C(=O)N1C[C@@H](C)C(O)(c2c(F)cc(-c3ccnc4[nH]cc(F)c34)cc2F)[C@@H](C)C1. The molecule has 0 bridgehead atoms. The van der Waals surface area contributed by atoms with Gasteiger partial charge in [0.1, 0.15) is 22.9 Å². The van der Waals surface area contributed by atoms with Gasteiger partial charge < -0.3 is 20.7 Å². The van der Waals surface area contributed by atoms with Crippen molar-refractivity contribution in [2.24, 2.45) is 17.6 Å². The van der Waals surface area contributed by atoms with Gasteiger partial charge in [-0.2, -0.15) is 0 Å². The number of nitrogens with zero attached hydrogens (tertiary/aromatic N) is 2. The molecule has 1 fully saturated rings. The van der Waals surface area contributed by atoms with Crippen LogP contribution in [0.5, 0.6) is 0 Å². The van der Waals surface area contributed by atoms with E-state index in [9.17, 15) is 14.3 Å². The molecule has 0 radical (unpaired) electrons. The highest BCUT2D eigenvalue weighted by atomic mass is 19.1. The molecule has 0 aliphatic carbocycles. The number of fused-ring (bicyclic) bond motifs is 1. The molecule has 1 aromatic carbocycles. The molecule has 32 heavy (non-hydrogen) atoms. The average molecular weight is 446 g/mol. The lowest BCUT2D eigenvalue weighted by Gasteiger charge is -2.48. The number of hydrogen-bond donors (Lipinski definition) is 3. The van der Waals surface area contributed by atoms with Gasteiger partial charge in [-0.1, -0.05) is 13.8 Å². The molecule has 9 heteroatoms. The van der Waals surface area contributed by atoms with Gasteiger partial charge in [-0.05, 0) is 36.2 Å². The van der Waals surface area contributed by atoms with Crippen molar-refractivity contribution >= 4 is 16.9 Å². The van der Waals surface area contributed by atoms with Crippen molar-refractivity contribution in [2.45, 2.75) is 32.4 Å². The maximum absolute atomic E-state index is 15.4. The number of pyridine rings is 1. The van der Waals surface area contributed by atoms with Crippen molar-refractivity contribution in [2.75, 3.05) is 13.1 Å². The van der Waals surface area contributed by atoms with Crippen molar-refractivity contribution in [3.05, 3.63) is 53.6 Å². The smallest absolute Gasteiger partial charge is 0.239 e. The number of halogens is 3. The van der Waals surface area contributed by atoms with Crippen LogP contribution in [-0.2, 0) is 10.4 Å². The Hall–Kier alpha value is -2.91. The van der Waals surface area contributed by atoms with E-state index in [1.807, 2.05) is 0 Å². The Morgan fingerprint density at radius 2 is 1.81 bits per heavy atom. The summed E-state index contributed by atoms with van der Waals surface area (Å²) < 4.78 is 45.0. The van der Waals surface area contributed by atoms with E-state index < -0.39 is 46.5 Å². The highest BCUT2D eigenvalue weighted by molar-refractivity contribution is 5.93. The van der Waals surface area contributed by atoms with Crippen LogP contribution in [0.4, 0.5) is 13.2 Å². The molecule has 2 aromatic heterocycles. The molecule has 1 aliphatic heterocycles. The summed E-state index contributed by atoms with van der Waals surface area (Å²) in [4.78, 5) is 20.5. The van der Waals surface area contributed by atoms with E-state index in [-0.39, 0.29) is 41.2 Å². The van der Waals surface area contributed by atoms with Crippen LogP contribution in [0.25, 0.3) is 22.2 Å². The van der Waals surface area contributed by atoms with Crippen LogP contribution >= 0.6 is 0 Å². The lowest BCUT2D eigenvalue weighted by Crippen LogP contribution is -2.58. The van der Waals surface area contributed by atoms with Gasteiger partial charge in [-0.15, -0.1) is 0 Å². The third-order valence-corrected chi connectivity index (χ3v) is 6.47. The van der Waals surface area contributed by atoms with Crippen molar-refractivity contribution < 1.29 is 23.1 Å². The normalized spacial score (nSPS) is 24.7. The second-order valence-corrected chi connectivity index (χ2v) is 8.69. The topological polar surface area (TPSA) is 95.2 Å². The number of benzene rings is 1. The Morgan fingerprint density at radius 3 is 2.38 bits per heavy atom. The molecule has 1 amide bonds. The first-order chi connectivity index (χ1) is 15.1. The van der Waals surface area contributed by atoms with Gasteiger partial charge in [-0.25, -0.2) is 18.2 Å². The molecule has 6 nitrogen and oxygen atoms in total. The molecule has 170 valence electrons. The third kappa shape index (κ3) is 3.36. The maximum atomic E-state index is 15.4. The summed E-state index contributed by atoms with van der Waals surface area (Å²) in [6.07, 6.45) is 2.55. The second kappa shape index (κ2) is 7.90. The fourth-order valence-electron chi connectivity index (χ4n) is 4.83. The number of hydrogen-bond acceptors (Lipinski definition) is 4. The van der Waals surface area contributed by atoms with Crippen molar-refractivity contribution in [1.29, 1.82) is 0 Å². The van der Waals surface area contributed by atoms with Gasteiger partial charge in [0.2, 0.25) is 5.91 Å². The molecule has 4 rings (SSSR count). The minimum atomic E-state index is -1.84. The summed E-state index contributed by atoms with van der Waals surface area (Å²) in [5.74, 6) is -4.04. The minimum absolute atomic E-state index is 0.112. The number of piperidine rings is 1. The number of H-pyrrole nitrogens is 1. The molecule has 2 unspecified atom stereocenters. The summed E-state index contributed by atoms with van der Waals surface area (Å²) >= 11 is 0. The highest BCUT2D eigenvalue weighted by Crippen LogP contribution is 2.44. The molecule has 0 saturated carbocycles. The van der Waals surface area contributed by atoms with E-state index >= 15 is 8.78 Å². The number of carbonyl (C=O) groups is 1. The quantitative estimate of drug-likeness (QED) is 0.575. The zero-order valence-electron chi connectivity index (χ0n) is 18.0. The number of rotatable bonds is 3. The van der Waals surface area contributed by atoms with Crippen LogP contribution < -0.4 is 5.73 Å². The van der Waals surface area contributed by atoms with Gasteiger partial charge >= 0.3 is 0 Å². The number of likely N-dealkylation sites (tertiary alicyclic amines) is 1. The van der Waals surface area contributed by atoms with E-state index in [4.69, 9.17) is 5.73 Å². The number of amides is 1. The van der Waals surface area contributed by atoms with Crippen molar-refractivity contribution in [3.63, 3.8) is 0 Å². The molecular formula is C23H25F3N4O2. The van der Waals surface area contributed by atoms with E-state index in [1.165, 1.54) is 17.2 Å². The van der Waals surface area contributed by atoms with E-state index in [2.05, 4.69) is 9.97 Å². The zero-order chi connectivity index (χ0) is 23.4. The lowest BCUT2D eigenvalue weighted by molar-refractivity contribution is -0.150. The third-order valence-electron chi connectivity index (χ3n) is 6.47. The first kappa shape index (κ1) is 22.3. The summed E-state index contributed by atoms with van der Waals surface area (Å²) in [5, 5.41) is 11.6.